The first-order valence-corrected chi connectivity index (χ1v) is 17.2. The number of benzene rings is 4. The average molecular weight is 666 g/mol. The molecule has 1 saturated heterocycles. The minimum absolute atomic E-state index is 0.181. The zero-order valence-corrected chi connectivity index (χ0v) is 26.7. The van der Waals surface area contributed by atoms with Gasteiger partial charge in [0.1, 0.15) is 22.9 Å². The van der Waals surface area contributed by atoms with Crippen LogP contribution in [0.4, 0.5) is 0 Å². The second-order valence-electron chi connectivity index (χ2n) is 10.5. The summed E-state index contributed by atoms with van der Waals surface area (Å²) in [6.45, 7) is -0.232. The number of rotatable bonds is 10. The molecule has 230 valence electrons. The molecule has 11 heteroatoms. The second kappa shape index (κ2) is 13.4. The molecule has 1 aromatic heterocycles. The topological polar surface area (TPSA) is 97.8 Å². The summed E-state index contributed by atoms with van der Waals surface area (Å²) >= 11 is 4.39. The van der Waals surface area contributed by atoms with E-state index in [1.54, 1.807) is 12.1 Å². The van der Waals surface area contributed by atoms with E-state index in [1.165, 1.54) is 39.8 Å². The number of fused-ring (bicyclic) bond motifs is 2. The summed E-state index contributed by atoms with van der Waals surface area (Å²) in [5.41, 5.74) is 2.67. The third-order valence-corrected chi connectivity index (χ3v) is 11.1. The van der Waals surface area contributed by atoms with Crippen LogP contribution in [0, 0.1) is 0 Å². The Kier molecular flexibility index (Phi) is 8.78. The van der Waals surface area contributed by atoms with E-state index in [4.69, 9.17) is 14.5 Å². The van der Waals surface area contributed by atoms with Crippen molar-refractivity contribution in [3.63, 3.8) is 0 Å². The molecular formula is C35H27N3O5S3. The highest BCUT2D eigenvalue weighted by Gasteiger charge is 2.55. The molecule has 0 spiro atoms. The monoisotopic (exact) mass is 665 g/mol. The lowest BCUT2D eigenvalue weighted by Gasteiger charge is -2.49. The Labute approximate surface area is 277 Å². The molecule has 5 aromatic rings. The Bertz CT molecular complexity index is 1840. The first kappa shape index (κ1) is 30.1. The largest absolute Gasteiger partial charge is 0.484 e. The zero-order valence-electron chi connectivity index (χ0n) is 24.3. The molecule has 1 N–H and O–H groups in total. The number of β-lactam (4-membered cyclic amide) rings is 1. The molecule has 0 radical (unpaired) electrons. The third-order valence-electron chi connectivity index (χ3n) is 7.47. The summed E-state index contributed by atoms with van der Waals surface area (Å²) in [4.78, 5) is 47.6. The van der Waals surface area contributed by atoms with Crippen LogP contribution in [-0.2, 0) is 19.1 Å². The number of ether oxygens (including phenoxy) is 2. The maximum absolute atomic E-state index is 14.2. The molecule has 4 aromatic carbocycles. The summed E-state index contributed by atoms with van der Waals surface area (Å²) in [5, 5.41) is 2.33. The van der Waals surface area contributed by atoms with E-state index in [-0.39, 0.29) is 18.2 Å². The molecule has 7 rings (SSSR count). The zero-order chi connectivity index (χ0) is 31.5. The van der Waals surface area contributed by atoms with Crippen LogP contribution in [0.25, 0.3) is 10.2 Å². The number of esters is 1. The fraction of sp³-hybridized carbons (Fsp3) is 0.143. The van der Waals surface area contributed by atoms with Crippen LogP contribution in [0.15, 0.2) is 130 Å². The number of nitrogens with one attached hydrogen (secondary N) is 1. The number of thiazole rings is 1. The van der Waals surface area contributed by atoms with Crippen molar-refractivity contribution < 1.29 is 23.9 Å². The number of hydrogen-bond acceptors (Lipinski definition) is 9. The molecule has 0 saturated carbocycles. The van der Waals surface area contributed by atoms with E-state index < -0.39 is 29.4 Å². The van der Waals surface area contributed by atoms with Crippen LogP contribution in [0.2, 0.25) is 0 Å². The highest BCUT2D eigenvalue weighted by molar-refractivity contribution is 8.07. The number of carbonyl (C=O) groups is 3. The highest BCUT2D eigenvalue weighted by atomic mass is 32.2. The van der Waals surface area contributed by atoms with Crippen LogP contribution < -0.4 is 10.1 Å². The highest BCUT2D eigenvalue weighted by Crippen LogP contribution is 2.47. The summed E-state index contributed by atoms with van der Waals surface area (Å²) in [6.07, 6.45) is -0.689. The Balaban J connectivity index is 1.17. The number of carbonyl (C=O) groups excluding carboxylic acids is 3. The van der Waals surface area contributed by atoms with Crippen LogP contribution >= 0.6 is 34.9 Å². The molecule has 0 bridgehead atoms. The van der Waals surface area contributed by atoms with Crippen molar-refractivity contribution in [2.45, 2.75) is 21.9 Å². The molecule has 2 atom stereocenters. The van der Waals surface area contributed by atoms with Crippen molar-refractivity contribution in [1.29, 1.82) is 0 Å². The maximum atomic E-state index is 14.2. The first-order valence-electron chi connectivity index (χ1n) is 14.5. The Morgan fingerprint density at radius 2 is 1.52 bits per heavy atom. The molecular weight excluding hydrogens is 639 g/mol. The average Bonchev–Trinajstić information content (AvgIpc) is 3.52. The summed E-state index contributed by atoms with van der Waals surface area (Å²) in [7, 11) is 0. The minimum Gasteiger partial charge on any atom is -0.484 e. The van der Waals surface area contributed by atoms with Crippen LogP contribution in [0.1, 0.15) is 17.2 Å². The molecule has 46 heavy (non-hydrogen) atoms. The van der Waals surface area contributed by atoms with Crippen LogP contribution in [0.3, 0.4) is 0 Å². The molecule has 2 aliphatic heterocycles. The molecule has 8 nitrogen and oxygen atoms in total. The van der Waals surface area contributed by atoms with Gasteiger partial charge in [0.25, 0.3) is 11.8 Å². The second-order valence-corrected chi connectivity index (χ2v) is 14.0. The van der Waals surface area contributed by atoms with E-state index in [0.29, 0.717) is 16.4 Å². The quantitative estimate of drug-likeness (QED) is 0.135. The van der Waals surface area contributed by atoms with Crippen molar-refractivity contribution in [1.82, 2.24) is 15.2 Å². The van der Waals surface area contributed by atoms with E-state index >= 15 is 0 Å². The molecule has 1 fully saturated rings. The lowest BCUT2D eigenvalue weighted by atomic mass is 10.0. The van der Waals surface area contributed by atoms with Crippen molar-refractivity contribution in [3.05, 3.63) is 137 Å². The van der Waals surface area contributed by atoms with Gasteiger partial charge in [-0.1, -0.05) is 103 Å². The number of amides is 2. The van der Waals surface area contributed by atoms with E-state index in [0.717, 1.165) is 25.7 Å². The van der Waals surface area contributed by atoms with Crippen molar-refractivity contribution in [2.24, 2.45) is 0 Å². The fourth-order valence-electron chi connectivity index (χ4n) is 5.29. The van der Waals surface area contributed by atoms with Gasteiger partial charge >= 0.3 is 5.97 Å². The molecule has 1 unspecified atom stereocenters. The van der Waals surface area contributed by atoms with Gasteiger partial charge in [-0.15, -0.1) is 23.1 Å². The Morgan fingerprint density at radius 3 is 2.20 bits per heavy atom. The predicted molar refractivity (Wildman–Crippen MR) is 180 cm³/mol. The van der Waals surface area contributed by atoms with Crippen molar-refractivity contribution in [3.8, 4) is 5.75 Å². The van der Waals surface area contributed by atoms with Gasteiger partial charge in [-0.2, -0.15) is 0 Å². The van der Waals surface area contributed by atoms with Gasteiger partial charge in [-0.3, -0.25) is 14.5 Å². The van der Waals surface area contributed by atoms with Crippen molar-refractivity contribution in [2.75, 3.05) is 12.4 Å². The predicted octanol–water partition coefficient (Wildman–Crippen LogP) is 6.41. The smallest absolute Gasteiger partial charge is 0.356 e. The van der Waals surface area contributed by atoms with Gasteiger partial charge in [0.15, 0.2) is 17.1 Å². The van der Waals surface area contributed by atoms with Gasteiger partial charge in [-0.05, 0) is 35.4 Å². The maximum Gasteiger partial charge on any atom is 0.356 e. The van der Waals surface area contributed by atoms with Crippen LogP contribution in [0.5, 0.6) is 5.75 Å². The Hall–Kier alpha value is -4.58. The van der Waals surface area contributed by atoms with E-state index in [1.807, 2.05) is 103 Å². The molecule has 2 amide bonds. The van der Waals surface area contributed by atoms with Crippen LogP contribution in [-0.4, -0.2) is 51.4 Å². The van der Waals surface area contributed by atoms with E-state index in [9.17, 15) is 14.4 Å². The Morgan fingerprint density at radius 1 is 0.891 bits per heavy atom. The van der Waals surface area contributed by atoms with E-state index in [2.05, 4.69) is 5.32 Å². The number of nitrogens with zero attached hydrogens (tertiary/aromatic N) is 2. The normalized spacial score (nSPS) is 17.4. The lowest BCUT2D eigenvalue weighted by Crippen LogP contribution is -2.70. The van der Waals surface area contributed by atoms with Gasteiger partial charge in [0.05, 0.1) is 10.2 Å². The minimum atomic E-state index is -0.798. The number of para-hydroxylation sites is 2. The SMILES string of the molecule is O=C(COc1ccccc1)NC1C(=O)N2C(C(=O)OC(c3ccccc3)c3ccccc3)=C(Sc3nc4ccccc4s3)CS[C@@H]12. The summed E-state index contributed by atoms with van der Waals surface area (Å²) in [5.74, 6) is -0.415. The molecule has 2 aliphatic rings. The van der Waals surface area contributed by atoms with Gasteiger partial charge in [-0.25, -0.2) is 9.78 Å². The summed E-state index contributed by atoms with van der Waals surface area (Å²) in [6, 6.07) is 35.1. The number of hydrogen-bond donors (Lipinski definition) is 1. The van der Waals surface area contributed by atoms with Crippen molar-refractivity contribution >= 4 is 62.9 Å². The summed E-state index contributed by atoms with van der Waals surface area (Å²) < 4.78 is 13.6. The fourth-order valence-corrected chi connectivity index (χ4v) is 8.99. The number of thioether (sulfide) groups is 2. The van der Waals surface area contributed by atoms with Gasteiger partial charge < -0.3 is 14.8 Å². The van der Waals surface area contributed by atoms with Gasteiger partial charge in [0, 0.05) is 10.7 Å². The third kappa shape index (κ3) is 6.26. The lowest BCUT2D eigenvalue weighted by molar-refractivity contribution is -0.154. The standard InChI is InChI=1S/C35H27N3O5S3/c39-28(20-42-24-16-8-3-9-17-24)37-29-32(40)38-30(27(21-44-33(29)38)46-35-36-25-18-10-11-19-26(25)45-35)34(41)43-31(22-12-4-1-5-13-22)23-14-6-2-7-15-23/h1-19,29,31,33H,20-21H2,(H,37,39)/t29?,33-/m0/s1. The molecule has 0 aliphatic carbocycles. The molecule has 3 heterocycles. The first-order chi connectivity index (χ1) is 22.5. The number of aromatic nitrogens is 1. The van der Waals surface area contributed by atoms with Gasteiger partial charge in [0.2, 0.25) is 0 Å².